The molecule has 2 aliphatic rings. The summed E-state index contributed by atoms with van der Waals surface area (Å²) < 4.78 is 0. The van der Waals surface area contributed by atoms with Crippen LogP contribution in [-0.2, 0) is 4.79 Å². The van der Waals surface area contributed by atoms with Crippen LogP contribution in [0.5, 0.6) is 0 Å². The lowest BCUT2D eigenvalue weighted by Gasteiger charge is -2.14. The number of carboxylic acids is 1. The van der Waals surface area contributed by atoms with Crippen molar-refractivity contribution in [3.63, 3.8) is 0 Å². The van der Waals surface area contributed by atoms with E-state index in [0.717, 1.165) is 18.4 Å². The number of aromatic nitrogens is 2. The maximum atomic E-state index is 12.7. The average molecular weight is 360 g/mol. The van der Waals surface area contributed by atoms with Crippen molar-refractivity contribution in [2.24, 2.45) is 17.8 Å². The largest absolute Gasteiger partial charge is 0.481 e. The number of aromatic amines is 1. The van der Waals surface area contributed by atoms with Gasteiger partial charge in [0.15, 0.2) is 0 Å². The number of H-pyrrole nitrogens is 1. The van der Waals surface area contributed by atoms with Crippen LogP contribution in [0.1, 0.15) is 23.3 Å². The molecule has 2 heterocycles. The molecule has 7 heteroatoms. The van der Waals surface area contributed by atoms with Crippen molar-refractivity contribution in [3.8, 4) is 11.3 Å². The molecular formula is C18H18ClN3O3. The van der Waals surface area contributed by atoms with E-state index in [1.54, 1.807) is 23.1 Å². The molecule has 2 aromatic rings. The molecule has 0 bridgehead atoms. The topological polar surface area (TPSA) is 86.3 Å². The second-order valence-electron chi connectivity index (χ2n) is 6.83. The van der Waals surface area contributed by atoms with Gasteiger partial charge in [-0.3, -0.25) is 14.7 Å². The predicted octanol–water partition coefficient (Wildman–Crippen LogP) is 2.91. The van der Waals surface area contributed by atoms with Crippen LogP contribution in [0.3, 0.4) is 0 Å². The predicted molar refractivity (Wildman–Crippen MR) is 92.3 cm³/mol. The fourth-order valence-electron chi connectivity index (χ4n) is 3.63. The van der Waals surface area contributed by atoms with E-state index in [1.165, 1.54) is 0 Å². The molecule has 1 aromatic heterocycles. The van der Waals surface area contributed by atoms with Crippen molar-refractivity contribution in [2.75, 3.05) is 13.1 Å². The maximum Gasteiger partial charge on any atom is 0.308 e. The molecular weight excluding hydrogens is 342 g/mol. The number of hydrogen-bond acceptors (Lipinski definition) is 3. The number of carbonyl (C=O) groups is 2. The summed E-state index contributed by atoms with van der Waals surface area (Å²) in [5, 5.41) is 17.0. The molecule has 1 aromatic carbocycles. The maximum absolute atomic E-state index is 12.7. The molecule has 1 aliphatic heterocycles. The van der Waals surface area contributed by atoms with E-state index in [1.807, 2.05) is 12.1 Å². The Morgan fingerprint density at radius 2 is 1.92 bits per heavy atom. The zero-order valence-corrected chi connectivity index (χ0v) is 14.2. The molecule has 4 rings (SSSR count). The third kappa shape index (κ3) is 3.14. The van der Waals surface area contributed by atoms with Gasteiger partial charge in [-0.2, -0.15) is 5.10 Å². The van der Waals surface area contributed by atoms with Crippen LogP contribution in [-0.4, -0.2) is 45.2 Å². The van der Waals surface area contributed by atoms with Gasteiger partial charge in [0.2, 0.25) is 0 Å². The van der Waals surface area contributed by atoms with E-state index in [2.05, 4.69) is 10.2 Å². The van der Waals surface area contributed by atoms with Gasteiger partial charge in [0.25, 0.3) is 5.91 Å². The number of halogens is 1. The van der Waals surface area contributed by atoms with E-state index in [4.69, 9.17) is 11.6 Å². The van der Waals surface area contributed by atoms with Gasteiger partial charge in [0.1, 0.15) is 5.69 Å². The van der Waals surface area contributed by atoms with E-state index in [0.29, 0.717) is 28.9 Å². The molecule has 6 nitrogen and oxygen atoms in total. The Bertz CT molecular complexity index is 813. The number of rotatable bonds is 4. The highest BCUT2D eigenvalue weighted by molar-refractivity contribution is 6.30. The molecule has 1 saturated carbocycles. The molecule has 2 N–H and O–H groups in total. The number of nitrogens with zero attached hydrogens (tertiary/aromatic N) is 2. The summed E-state index contributed by atoms with van der Waals surface area (Å²) in [6, 6.07) is 8.92. The van der Waals surface area contributed by atoms with E-state index in [-0.39, 0.29) is 18.4 Å². The summed E-state index contributed by atoms with van der Waals surface area (Å²) in [6.45, 7) is 0.778. The Labute approximate surface area is 149 Å². The third-order valence-corrected chi connectivity index (χ3v) is 5.40. The van der Waals surface area contributed by atoms with E-state index >= 15 is 0 Å². The minimum Gasteiger partial charge on any atom is -0.481 e. The fourth-order valence-corrected chi connectivity index (χ4v) is 3.75. The van der Waals surface area contributed by atoms with Crippen molar-refractivity contribution < 1.29 is 14.7 Å². The first-order chi connectivity index (χ1) is 12.0. The zero-order valence-electron chi connectivity index (χ0n) is 13.5. The Balaban J connectivity index is 1.51. The van der Waals surface area contributed by atoms with Crippen molar-refractivity contribution in [1.82, 2.24) is 15.1 Å². The lowest BCUT2D eigenvalue weighted by molar-refractivity contribution is -0.142. The SMILES string of the molecule is O=C(O)[C@H]1CN(C(=O)c2cc(-c3ccc(Cl)cc3)n[nH]2)C[C@@H]1C1CC1. The van der Waals surface area contributed by atoms with Crippen LogP contribution in [0.25, 0.3) is 11.3 Å². The first-order valence-electron chi connectivity index (χ1n) is 8.36. The molecule has 1 saturated heterocycles. The van der Waals surface area contributed by atoms with Gasteiger partial charge < -0.3 is 10.0 Å². The van der Waals surface area contributed by atoms with Crippen molar-refractivity contribution in [2.45, 2.75) is 12.8 Å². The van der Waals surface area contributed by atoms with E-state index < -0.39 is 11.9 Å². The van der Waals surface area contributed by atoms with Gasteiger partial charge in [-0.05, 0) is 42.9 Å². The molecule has 0 radical (unpaired) electrons. The first-order valence-corrected chi connectivity index (χ1v) is 8.74. The number of nitrogens with one attached hydrogen (secondary N) is 1. The molecule has 2 fully saturated rings. The highest BCUT2D eigenvalue weighted by Gasteiger charge is 2.47. The normalized spacial score (nSPS) is 23.0. The van der Waals surface area contributed by atoms with Crippen molar-refractivity contribution >= 4 is 23.5 Å². The summed E-state index contributed by atoms with van der Waals surface area (Å²) >= 11 is 5.89. The quantitative estimate of drug-likeness (QED) is 0.878. The van der Waals surface area contributed by atoms with Gasteiger partial charge in [0.05, 0.1) is 11.6 Å². The fraction of sp³-hybridized carbons (Fsp3) is 0.389. The van der Waals surface area contributed by atoms with Crippen molar-refractivity contribution in [1.29, 1.82) is 0 Å². The first kappa shape index (κ1) is 16.1. The Morgan fingerprint density at radius 1 is 1.20 bits per heavy atom. The monoisotopic (exact) mass is 359 g/mol. The molecule has 0 unspecified atom stereocenters. The standard InChI is InChI=1S/C18H18ClN3O3/c19-12-5-3-11(4-6-12)15-7-16(21-20-15)17(23)22-8-13(10-1-2-10)14(9-22)18(24)25/h3-7,10,13-14H,1-2,8-9H2,(H,20,21)(H,24,25)/t13-,14+/m1/s1. The summed E-state index contributed by atoms with van der Waals surface area (Å²) in [5.41, 5.74) is 1.90. The zero-order chi connectivity index (χ0) is 17.6. The highest BCUT2D eigenvalue weighted by atomic mass is 35.5. The van der Waals surface area contributed by atoms with Gasteiger partial charge in [0, 0.05) is 23.7 Å². The Hall–Kier alpha value is -2.34. The Morgan fingerprint density at radius 3 is 2.56 bits per heavy atom. The van der Waals surface area contributed by atoms with Gasteiger partial charge in [-0.15, -0.1) is 0 Å². The summed E-state index contributed by atoms with van der Waals surface area (Å²) in [5.74, 6) is -0.943. The van der Waals surface area contributed by atoms with E-state index in [9.17, 15) is 14.7 Å². The average Bonchev–Trinajstić information content (AvgIpc) is 3.16. The summed E-state index contributed by atoms with van der Waals surface area (Å²) in [6.07, 6.45) is 2.14. The molecule has 1 amide bonds. The minimum atomic E-state index is -0.807. The molecule has 0 spiro atoms. The molecule has 130 valence electrons. The molecule has 1 aliphatic carbocycles. The number of benzene rings is 1. The van der Waals surface area contributed by atoms with Gasteiger partial charge in [-0.25, -0.2) is 0 Å². The molecule has 2 atom stereocenters. The third-order valence-electron chi connectivity index (χ3n) is 5.15. The number of carbonyl (C=O) groups excluding carboxylic acids is 1. The number of aliphatic carboxylic acids is 1. The molecule has 25 heavy (non-hydrogen) atoms. The number of amides is 1. The highest BCUT2D eigenvalue weighted by Crippen LogP contribution is 2.44. The second-order valence-corrected chi connectivity index (χ2v) is 7.27. The van der Waals surface area contributed by atoms with Gasteiger partial charge in [-0.1, -0.05) is 23.7 Å². The van der Waals surface area contributed by atoms with Crippen LogP contribution in [0.15, 0.2) is 30.3 Å². The smallest absolute Gasteiger partial charge is 0.308 e. The van der Waals surface area contributed by atoms with Crippen molar-refractivity contribution in [3.05, 3.63) is 41.0 Å². The van der Waals surface area contributed by atoms with Crippen LogP contribution in [0.4, 0.5) is 0 Å². The van der Waals surface area contributed by atoms with Crippen LogP contribution >= 0.6 is 11.6 Å². The lowest BCUT2D eigenvalue weighted by atomic mass is 9.92. The summed E-state index contributed by atoms with van der Waals surface area (Å²) in [7, 11) is 0. The number of carboxylic acid groups (broad SMARTS) is 1. The Kier molecular flexibility index (Phi) is 4.00. The van der Waals surface area contributed by atoms with Crippen LogP contribution in [0, 0.1) is 17.8 Å². The lowest BCUT2D eigenvalue weighted by Crippen LogP contribution is -2.30. The van der Waals surface area contributed by atoms with Gasteiger partial charge >= 0.3 is 5.97 Å². The number of hydrogen-bond donors (Lipinski definition) is 2. The minimum absolute atomic E-state index is 0.0695. The van der Waals surface area contributed by atoms with Crippen LogP contribution in [0.2, 0.25) is 5.02 Å². The second kappa shape index (κ2) is 6.19. The van der Waals surface area contributed by atoms with Crippen LogP contribution < -0.4 is 0 Å². The summed E-state index contributed by atoms with van der Waals surface area (Å²) in [4.78, 5) is 25.9. The number of likely N-dealkylation sites (tertiary alicyclic amines) is 1.